The normalized spacial score (nSPS) is 10.6. The van der Waals surface area contributed by atoms with Crippen LogP contribution in [0, 0.1) is 38.2 Å². The average Bonchev–Trinajstić information content (AvgIpc) is 3.22. The first-order valence-electron chi connectivity index (χ1n) is 24.5. The summed E-state index contributed by atoms with van der Waals surface area (Å²) in [5.74, 6) is -3.37. The largest absolute Gasteiger partial charge is 3.00 e. The van der Waals surface area contributed by atoms with Crippen molar-refractivity contribution < 1.29 is 226 Å². The van der Waals surface area contributed by atoms with Gasteiger partial charge in [-0.05, 0) is 156 Å². The van der Waals surface area contributed by atoms with Gasteiger partial charge in [-0.1, -0.05) is 62.3 Å². The first-order valence-corrected chi connectivity index (χ1v) is 24.5. The van der Waals surface area contributed by atoms with Gasteiger partial charge in [0.25, 0.3) is 0 Å². The van der Waals surface area contributed by atoms with Gasteiger partial charge in [0.15, 0.2) is 52.0 Å². The molecule has 0 saturated carbocycles. The molecule has 1 radical (unpaired) electrons. The fraction of sp³-hybridized carbons (Fsp3) is 0.526. The van der Waals surface area contributed by atoms with Gasteiger partial charge in [0, 0.05) is 0 Å². The van der Waals surface area contributed by atoms with Crippen LogP contribution >= 0.6 is 0 Å². The van der Waals surface area contributed by atoms with Gasteiger partial charge in [-0.15, -0.1) is 91.5 Å². The van der Waals surface area contributed by atoms with Crippen molar-refractivity contribution in [1.82, 2.24) is 9.80 Å². The van der Waals surface area contributed by atoms with Crippen molar-refractivity contribution in [2.45, 2.75) is 125 Å². The minimum absolute atomic E-state index is 0. The van der Waals surface area contributed by atoms with Crippen molar-refractivity contribution in [2.75, 3.05) is 78.9 Å². The van der Waals surface area contributed by atoms with Crippen molar-refractivity contribution in [3.8, 4) is 0 Å². The van der Waals surface area contributed by atoms with Gasteiger partial charge in [0.1, 0.15) is 0 Å². The summed E-state index contributed by atoms with van der Waals surface area (Å²) >= 11 is 0. The van der Waals surface area contributed by atoms with Crippen LogP contribution in [-0.2, 0) is 111 Å². The van der Waals surface area contributed by atoms with Gasteiger partial charge in [0.05, 0.1) is 0 Å². The summed E-state index contributed by atoms with van der Waals surface area (Å²) in [6.07, 6.45) is 9.50. The summed E-state index contributed by atoms with van der Waals surface area (Å²) in [7, 11) is 0. The van der Waals surface area contributed by atoms with E-state index in [2.05, 4.69) is 0 Å². The van der Waals surface area contributed by atoms with E-state index in [1.54, 1.807) is 9.80 Å². The molecule has 0 heterocycles. The minimum Gasteiger partial charge on any atom is -0.876 e. The van der Waals surface area contributed by atoms with Gasteiger partial charge < -0.3 is 86.4 Å². The zero-order chi connectivity index (χ0) is 68.4. The maximum Gasteiger partial charge on any atom is 3.00 e. The Hall–Kier alpha value is -4.08. The molecule has 0 aliphatic heterocycles. The maximum absolute atomic E-state index is 10.0. The summed E-state index contributed by atoms with van der Waals surface area (Å²) in [6, 6.07) is 0. The Morgan fingerprint density at radius 2 is 0.284 bits per heavy atom. The van der Waals surface area contributed by atoms with Crippen molar-refractivity contribution in [2.24, 2.45) is 0 Å². The van der Waals surface area contributed by atoms with Gasteiger partial charge in [-0.2, -0.15) is 0 Å². The molecule has 0 aromatic rings. The monoisotopic (exact) mass is 1570 g/mol. The molecule has 0 N–H and O–H groups in total. The third-order valence-corrected chi connectivity index (χ3v) is 6.10. The van der Waals surface area contributed by atoms with Crippen molar-refractivity contribution in [1.29, 1.82) is 0 Å². The van der Waals surface area contributed by atoms with Crippen molar-refractivity contribution >= 4 is 52.0 Å². The van der Waals surface area contributed by atoms with E-state index in [4.69, 9.17) is 0 Å². The van der Waals surface area contributed by atoms with E-state index in [1.165, 1.54) is 125 Å². The van der Waals surface area contributed by atoms with E-state index in [-0.39, 0.29) is 250 Å². The fourth-order valence-corrected chi connectivity index (χ4v) is 4.02. The quantitative estimate of drug-likeness (QED) is 0.0585. The van der Waals surface area contributed by atoms with Crippen LogP contribution in [0.5, 0.6) is 0 Å². The minimum atomic E-state index is -0.236. The first-order chi connectivity index (χ1) is 37.8. The Labute approximate surface area is 593 Å². The molecule has 0 saturated heterocycles. The van der Waals surface area contributed by atoms with Crippen LogP contribution < -0.4 is 76.6 Å². The molecule has 0 bridgehead atoms. The van der Waals surface area contributed by atoms with E-state index in [1.807, 2.05) is 0 Å². The van der Waals surface area contributed by atoms with Gasteiger partial charge in [-0.25, -0.2) is 0 Å². The number of nitrogens with zero attached hydrogens (tertiary/aromatic N) is 2. The molecule has 507 valence electrons. The summed E-state index contributed by atoms with van der Waals surface area (Å²) in [5.41, 5.74) is 0. The molecule has 26 nitrogen and oxygen atoms in total. The maximum atomic E-state index is 10.0. The predicted octanol–water partition coefficient (Wildman–Crippen LogP) is -8.72. The molecule has 0 rings (SSSR count). The van der Waals surface area contributed by atoms with Crippen LogP contribution in [0.1, 0.15) is 125 Å². The topological polar surface area (TPSA) is 506 Å². The molecule has 0 unspecified atom stereocenters. The Morgan fingerprint density at radius 1 is 0.216 bits per heavy atom. The second-order valence-electron chi connectivity index (χ2n) is 16.2. The Morgan fingerprint density at radius 3 is 0.307 bits per heavy atom. The zero-order valence-corrected chi connectivity index (χ0v) is 60.0. The first kappa shape index (κ1) is 125. The second-order valence-corrected chi connectivity index (χ2v) is 16.2. The average molecular weight is 1570 g/mol. The third-order valence-electron chi connectivity index (χ3n) is 6.10. The molecular formula is C57H87DyMn4N2O24. The molecule has 0 aliphatic carbocycles. The van der Waals surface area contributed by atoms with Crippen molar-refractivity contribution in [3.05, 3.63) is 107 Å². The summed E-state index contributed by atoms with van der Waals surface area (Å²) in [4.78, 5) is 93.0. The van der Waals surface area contributed by atoms with Crippen LogP contribution in [0.4, 0.5) is 0 Å². The Kier molecular flexibility index (Phi) is 134. The molecular weight excluding hydrogens is 1480 g/mol. The molecule has 0 amide bonds. The second kappa shape index (κ2) is 94.1. The van der Waals surface area contributed by atoms with E-state index >= 15 is 0 Å². The van der Waals surface area contributed by atoms with E-state index < -0.39 is 0 Å². The molecule has 31 heteroatoms. The Bertz CT molecular complexity index is 1610. The molecule has 0 atom stereocenters. The van der Waals surface area contributed by atoms with E-state index in [9.17, 15) is 120 Å². The van der Waals surface area contributed by atoms with E-state index in [0.717, 1.165) is 54.7 Å². The number of rotatable bonds is 21. The van der Waals surface area contributed by atoms with Gasteiger partial charge in [0.2, 0.25) is 0 Å². The van der Waals surface area contributed by atoms with Crippen LogP contribution in [0.2, 0.25) is 0 Å². The molecule has 0 spiro atoms. The summed E-state index contributed by atoms with van der Waals surface area (Å²) < 4.78 is 0. The Balaban J connectivity index is -0.0000000462. The number of ketones is 9. The van der Waals surface area contributed by atoms with Crippen LogP contribution in [0.25, 0.3) is 0 Å². The van der Waals surface area contributed by atoms with Gasteiger partial charge in [-0.3, -0.25) is 43.2 Å². The van der Waals surface area contributed by atoms with Crippen molar-refractivity contribution in [3.63, 3.8) is 0 Å². The van der Waals surface area contributed by atoms with E-state index in [0.29, 0.717) is 39.3 Å². The van der Waals surface area contributed by atoms with Gasteiger partial charge >= 0.3 is 106 Å². The molecule has 0 fully saturated rings. The summed E-state index contributed by atoms with van der Waals surface area (Å²) in [6.45, 7) is 24.8. The predicted molar refractivity (Wildman–Crippen MR) is 282 cm³/mol. The third kappa shape index (κ3) is 215. The number of carbonyl (C=O) groups excluding carboxylic acids is 9. The smallest absolute Gasteiger partial charge is 0.876 e. The van der Waals surface area contributed by atoms with Crippen LogP contribution in [0.15, 0.2) is 107 Å². The van der Waals surface area contributed by atoms with Crippen LogP contribution in [0.3, 0.4) is 0 Å². The molecule has 0 aromatic heterocycles. The molecule has 0 aliphatic rings. The summed E-state index contributed by atoms with van der Waals surface area (Å²) in [5, 5.41) is 150. The number of hydrogen-bond acceptors (Lipinski definition) is 26. The molecule has 88 heavy (non-hydrogen) atoms. The SMILES string of the molecule is CC(=O)/C=C(/C)[O-].CC(=O)/C=C(/C)[O-].CC(=O)/C=C(/C)[O-].CC(=O)/C=C(/C)[O-].CC(=O)/C=C(/C)[O-].CC(=O)/C=C(/C)[O-].CC(=O)/C=C(/C)[O-].CC(=O)/C=C(/C)[O-].CC(=O)/C=C(/C)[O-].[Dy+3].[Mn+3].[Mn+3].[Mn+3].[Mn+3].[O-]CCN(CC[O-])CC[O-].[O-]CCN(CC[O-])CC[O-]. The zero-order valence-electron chi connectivity index (χ0n) is 53.2. The number of hydrogen-bond donors (Lipinski definition) is 0. The standard InChI is InChI=1S/2C6H12NO3.9C5H8O2.Dy.4Mn/c2*8-4-1-7(2-5-9)3-6-10;9*1-4(6)3-5(2)7;;;;;/h2*1-6H2;9*3,6H,1-2H3;;;;;/q2*-3;;;;;;;;;;5*+3/p-9/b;;9*4-3-;;;;;. The fourth-order valence-electron chi connectivity index (χ4n) is 4.02. The number of allylic oxidation sites excluding steroid dienone is 18. The van der Waals surface area contributed by atoms with Crippen LogP contribution in [-0.4, -0.2) is 141 Å². The molecule has 0 aromatic carbocycles. The number of carbonyl (C=O) groups is 9.